The number of carboxylic acid groups (broad SMARTS) is 1. The van der Waals surface area contributed by atoms with Gasteiger partial charge in [-0.1, -0.05) is 72.8 Å². The Morgan fingerprint density at radius 2 is 1.13 bits per heavy atom. The van der Waals surface area contributed by atoms with Crippen molar-refractivity contribution >= 4 is 35.2 Å². The summed E-state index contributed by atoms with van der Waals surface area (Å²) in [6.07, 6.45) is 4.02. The molecule has 0 saturated heterocycles. The molecule has 4 aromatic rings. The number of carbonyl (C=O) groups is 1. The second kappa shape index (κ2) is 8.93. The van der Waals surface area contributed by atoms with Gasteiger partial charge in [0.2, 0.25) is 0 Å². The Morgan fingerprint density at radius 1 is 0.600 bits per heavy atom. The first-order chi connectivity index (χ1) is 14.7. The zero-order valence-corrected chi connectivity index (χ0v) is 16.3. The maximum Gasteiger partial charge on any atom is 0.335 e. The van der Waals surface area contributed by atoms with Gasteiger partial charge < -0.3 is 10.0 Å². The number of aromatic carboxylic acids is 1. The molecule has 0 radical (unpaired) electrons. The topological polar surface area (TPSA) is 40.5 Å². The number of para-hydroxylation sites is 2. The molecule has 0 aliphatic rings. The molecule has 0 aliphatic heterocycles. The first-order valence-electron chi connectivity index (χ1n) is 9.72. The van der Waals surface area contributed by atoms with E-state index in [4.69, 9.17) is 5.11 Å². The van der Waals surface area contributed by atoms with E-state index in [-0.39, 0.29) is 5.56 Å². The fourth-order valence-electron chi connectivity index (χ4n) is 3.30. The predicted octanol–water partition coefficient (Wildman–Crippen LogP) is 7.03. The van der Waals surface area contributed by atoms with Crippen LogP contribution in [0.25, 0.3) is 12.2 Å². The van der Waals surface area contributed by atoms with Gasteiger partial charge in [0.15, 0.2) is 0 Å². The molecule has 0 aromatic heterocycles. The van der Waals surface area contributed by atoms with Gasteiger partial charge in [-0.25, -0.2) is 4.79 Å². The summed E-state index contributed by atoms with van der Waals surface area (Å²) >= 11 is 0. The van der Waals surface area contributed by atoms with Gasteiger partial charge in [0, 0.05) is 17.1 Å². The SMILES string of the molecule is O=C(O)c1ccc(/C=C/c2cccc(N(c3ccccc3)c3ccccc3)c2)cc1. The van der Waals surface area contributed by atoms with Crippen LogP contribution >= 0.6 is 0 Å². The van der Waals surface area contributed by atoms with Crippen molar-refractivity contribution in [2.45, 2.75) is 0 Å². The third-order valence-corrected chi connectivity index (χ3v) is 4.78. The second-order valence-electron chi connectivity index (χ2n) is 6.86. The largest absolute Gasteiger partial charge is 0.478 e. The van der Waals surface area contributed by atoms with Crippen molar-refractivity contribution in [1.29, 1.82) is 0 Å². The Morgan fingerprint density at radius 3 is 1.70 bits per heavy atom. The summed E-state index contributed by atoms with van der Waals surface area (Å²) in [6.45, 7) is 0. The summed E-state index contributed by atoms with van der Waals surface area (Å²) in [5.74, 6) is -0.917. The quantitative estimate of drug-likeness (QED) is 0.359. The molecule has 1 N–H and O–H groups in total. The highest BCUT2D eigenvalue weighted by Crippen LogP contribution is 2.34. The maximum absolute atomic E-state index is 11.0. The van der Waals surface area contributed by atoms with Crippen LogP contribution in [0.4, 0.5) is 17.1 Å². The second-order valence-corrected chi connectivity index (χ2v) is 6.86. The van der Waals surface area contributed by atoms with Crippen molar-refractivity contribution in [2.24, 2.45) is 0 Å². The molecular weight excluding hydrogens is 370 g/mol. The van der Waals surface area contributed by atoms with E-state index >= 15 is 0 Å². The lowest BCUT2D eigenvalue weighted by Crippen LogP contribution is -2.09. The number of nitrogens with zero attached hydrogens (tertiary/aromatic N) is 1. The zero-order chi connectivity index (χ0) is 20.8. The van der Waals surface area contributed by atoms with Crippen LogP contribution in [0.1, 0.15) is 21.5 Å². The number of anilines is 3. The molecular formula is C27H21NO2. The summed E-state index contributed by atoms with van der Waals surface area (Å²) in [4.78, 5) is 13.2. The summed E-state index contributed by atoms with van der Waals surface area (Å²) in [5, 5.41) is 9.03. The van der Waals surface area contributed by atoms with Crippen molar-refractivity contribution < 1.29 is 9.90 Å². The van der Waals surface area contributed by atoms with Crippen LogP contribution in [0.2, 0.25) is 0 Å². The molecule has 0 heterocycles. The minimum Gasteiger partial charge on any atom is -0.478 e. The lowest BCUT2D eigenvalue weighted by molar-refractivity contribution is 0.0697. The third-order valence-electron chi connectivity index (χ3n) is 4.78. The molecule has 0 bridgehead atoms. The highest BCUT2D eigenvalue weighted by molar-refractivity contribution is 5.88. The first-order valence-corrected chi connectivity index (χ1v) is 9.72. The van der Waals surface area contributed by atoms with Crippen molar-refractivity contribution in [2.75, 3.05) is 4.90 Å². The first kappa shape index (κ1) is 19.2. The van der Waals surface area contributed by atoms with Crippen molar-refractivity contribution in [3.8, 4) is 0 Å². The summed E-state index contributed by atoms with van der Waals surface area (Å²) in [5.41, 5.74) is 5.55. The van der Waals surface area contributed by atoms with E-state index in [0.29, 0.717) is 0 Å². The van der Waals surface area contributed by atoms with Crippen LogP contribution in [-0.2, 0) is 0 Å². The standard InChI is InChI=1S/C27H21NO2/c29-27(30)23-18-16-21(17-19-23)14-15-22-8-7-13-26(20-22)28(24-9-3-1-4-10-24)25-11-5-2-6-12-25/h1-20H,(H,29,30)/b15-14+. The van der Waals surface area contributed by atoms with Gasteiger partial charge in [-0.15, -0.1) is 0 Å². The number of rotatable bonds is 6. The Balaban J connectivity index is 1.66. The van der Waals surface area contributed by atoms with Gasteiger partial charge in [0.05, 0.1) is 5.56 Å². The number of hydrogen-bond donors (Lipinski definition) is 1. The lowest BCUT2D eigenvalue weighted by Gasteiger charge is -2.25. The normalized spacial score (nSPS) is 10.8. The molecule has 4 aromatic carbocycles. The van der Waals surface area contributed by atoms with Crippen LogP contribution in [0.3, 0.4) is 0 Å². The molecule has 30 heavy (non-hydrogen) atoms. The highest BCUT2D eigenvalue weighted by atomic mass is 16.4. The van der Waals surface area contributed by atoms with Crippen LogP contribution in [0, 0.1) is 0 Å². The molecule has 0 spiro atoms. The van der Waals surface area contributed by atoms with E-state index in [1.54, 1.807) is 12.1 Å². The van der Waals surface area contributed by atoms with Crippen molar-refractivity contribution in [3.63, 3.8) is 0 Å². The molecule has 4 rings (SSSR count). The summed E-state index contributed by atoms with van der Waals surface area (Å²) in [6, 6.07) is 35.8. The Hall–Kier alpha value is -4.11. The Labute approximate surface area is 176 Å². The smallest absolute Gasteiger partial charge is 0.335 e. The monoisotopic (exact) mass is 391 g/mol. The fourth-order valence-corrected chi connectivity index (χ4v) is 3.30. The minimum absolute atomic E-state index is 0.288. The van der Waals surface area contributed by atoms with Crippen molar-refractivity contribution in [3.05, 3.63) is 126 Å². The predicted molar refractivity (Wildman–Crippen MR) is 123 cm³/mol. The average Bonchev–Trinajstić information content (AvgIpc) is 2.80. The van der Waals surface area contributed by atoms with Crippen molar-refractivity contribution in [1.82, 2.24) is 0 Å². The average molecular weight is 391 g/mol. The Bertz CT molecular complexity index is 1110. The van der Waals surface area contributed by atoms with Crippen LogP contribution in [0.5, 0.6) is 0 Å². The maximum atomic E-state index is 11.0. The van der Waals surface area contributed by atoms with E-state index in [1.165, 1.54) is 0 Å². The van der Waals surface area contributed by atoms with Gasteiger partial charge in [0.25, 0.3) is 0 Å². The van der Waals surface area contributed by atoms with Gasteiger partial charge in [-0.3, -0.25) is 0 Å². The van der Waals surface area contributed by atoms with E-state index in [0.717, 1.165) is 28.2 Å². The number of carboxylic acids is 1. The number of hydrogen-bond acceptors (Lipinski definition) is 2. The van der Waals surface area contributed by atoms with Gasteiger partial charge >= 0.3 is 5.97 Å². The van der Waals surface area contributed by atoms with E-state index < -0.39 is 5.97 Å². The molecule has 0 atom stereocenters. The summed E-state index contributed by atoms with van der Waals surface area (Å²) in [7, 11) is 0. The van der Waals surface area contributed by atoms with Crippen LogP contribution < -0.4 is 4.90 Å². The molecule has 0 unspecified atom stereocenters. The minimum atomic E-state index is -0.917. The van der Waals surface area contributed by atoms with Gasteiger partial charge in [0.1, 0.15) is 0 Å². The molecule has 0 amide bonds. The molecule has 3 heteroatoms. The summed E-state index contributed by atoms with van der Waals surface area (Å²) < 4.78 is 0. The van der Waals surface area contributed by atoms with Crippen LogP contribution in [-0.4, -0.2) is 11.1 Å². The van der Waals surface area contributed by atoms with Gasteiger partial charge in [-0.05, 0) is 59.7 Å². The van der Waals surface area contributed by atoms with E-state index in [2.05, 4.69) is 47.4 Å². The zero-order valence-electron chi connectivity index (χ0n) is 16.3. The molecule has 3 nitrogen and oxygen atoms in total. The fraction of sp³-hybridized carbons (Fsp3) is 0. The van der Waals surface area contributed by atoms with Gasteiger partial charge in [-0.2, -0.15) is 0 Å². The molecule has 0 aliphatic carbocycles. The highest BCUT2D eigenvalue weighted by Gasteiger charge is 2.11. The van der Waals surface area contributed by atoms with E-state index in [1.807, 2.05) is 66.7 Å². The number of benzene rings is 4. The molecule has 0 fully saturated rings. The van der Waals surface area contributed by atoms with E-state index in [9.17, 15) is 4.79 Å². The molecule has 146 valence electrons. The third kappa shape index (κ3) is 4.47. The lowest BCUT2D eigenvalue weighted by atomic mass is 10.1. The molecule has 0 saturated carbocycles. The van der Waals surface area contributed by atoms with Crippen LogP contribution in [0.15, 0.2) is 109 Å². The Kier molecular flexibility index (Phi) is 5.72.